The molecule has 0 atom stereocenters. The van der Waals surface area contributed by atoms with Crippen LogP contribution < -0.4 is 0 Å². The van der Waals surface area contributed by atoms with Gasteiger partial charge in [0.1, 0.15) is 5.52 Å². The molecule has 1 amide bonds. The number of fused-ring (bicyclic) bond motifs is 1. The lowest BCUT2D eigenvalue weighted by Crippen LogP contribution is -2.45. The van der Waals surface area contributed by atoms with Gasteiger partial charge in [-0.1, -0.05) is 17.8 Å². The third-order valence-electron chi connectivity index (χ3n) is 6.95. The van der Waals surface area contributed by atoms with Gasteiger partial charge in [0.25, 0.3) is 0 Å². The Kier molecular flexibility index (Phi) is 6.59. The molecule has 9 heteroatoms. The quantitative estimate of drug-likeness (QED) is 0.531. The maximum Gasteiger partial charge on any atom is 0.225 e. The first-order chi connectivity index (χ1) is 16.1. The second-order valence-electron chi connectivity index (χ2n) is 8.93. The summed E-state index contributed by atoms with van der Waals surface area (Å²) in [5, 5.41) is 8.63. The summed E-state index contributed by atoms with van der Waals surface area (Å²) in [6.07, 6.45) is 9.05. The number of piperidine rings is 2. The molecular formula is C24H29FN6OS. The van der Waals surface area contributed by atoms with Crippen LogP contribution in [0.5, 0.6) is 0 Å². The predicted molar refractivity (Wildman–Crippen MR) is 126 cm³/mol. The molecule has 2 fully saturated rings. The fraction of sp³-hybridized carbons (Fsp3) is 0.500. The number of para-hydroxylation sites is 1. The molecule has 0 aliphatic carbocycles. The Labute approximate surface area is 197 Å². The zero-order valence-corrected chi connectivity index (χ0v) is 19.7. The maximum atomic E-state index is 14.3. The Bertz CT molecular complexity index is 1110. The van der Waals surface area contributed by atoms with Gasteiger partial charge < -0.3 is 9.47 Å². The summed E-state index contributed by atoms with van der Waals surface area (Å²) < 4.78 is 16.4. The molecule has 0 saturated carbocycles. The van der Waals surface area contributed by atoms with E-state index in [2.05, 4.69) is 24.6 Å². The summed E-state index contributed by atoms with van der Waals surface area (Å²) in [6, 6.07) is 7.38. The van der Waals surface area contributed by atoms with Crippen molar-refractivity contribution in [2.75, 3.05) is 32.4 Å². The molecule has 174 valence electrons. The standard InChI is InChI=1S/C24H29FN6OS/c1-33-24-28-22-20(25)3-2-4-21(22)31(24)19-8-13-30(14-9-19)23(32)18-6-11-29(12-7-18)16-17-5-10-26-27-15-17/h2-5,10,15,18-19H,6-9,11-14,16H2,1H3. The lowest BCUT2D eigenvalue weighted by atomic mass is 9.93. The van der Waals surface area contributed by atoms with Gasteiger partial charge in [0.2, 0.25) is 5.91 Å². The minimum atomic E-state index is -0.277. The number of thioether (sulfide) groups is 1. The van der Waals surface area contributed by atoms with Crippen LogP contribution in [0.2, 0.25) is 0 Å². The number of carbonyl (C=O) groups is 1. The van der Waals surface area contributed by atoms with Crippen molar-refractivity contribution in [2.24, 2.45) is 5.92 Å². The molecular weight excluding hydrogens is 439 g/mol. The van der Waals surface area contributed by atoms with Gasteiger partial charge in [-0.05, 0) is 68.8 Å². The van der Waals surface area contributed by atoms with Gasteiger partial charge in [-0.3, -0.25) is 9.69 Å². The first kappa shape index (κ1) is 22.3. The lowest BCUT2D eigenvalue weighted by Gasteiger charge is -2.38. The Morgan fingerprint density at radius 2 is 1.88 bits per heavy atom. The summed E-state index contributed by atoms with van der Waals surface area (Å²) in [6.45, 7) is 4.21. The molecule has 2 aliphatic rings. The van der Waals surface area contributed by atoms with Crippen molar-refractivity contribution in [3.8, 4) is 0 Å². The van der Waals surface area contributed by atoms with Gasteiger partial charge in [0.15, 0.2) is 11.0 Å². The van der Waals surface area contributed by atoms with Crippen LogP contribution >= 0.6 is 11.8 Å². The number of hydrogen-bond donors (Lipinski definition) is 0. The molecule has 0 N–H and O–H groups in total. The van der Waals surface area contributed by atoms with Crippen molar-refractivity contribution in [3.63, 3.8) is 0 Å². The van der Waals surface area contributed by atoms with E-state index < -0.39 is 0 Å². The Morgan fingerprint density at radius 1 is 1.09 bits per heavy atom. The van der Waals surface area contributed by atoms with E-state index in [0.717, 1.165) is 74.6 Å². The first-order valence-corrected chi connectivity index (χ1v) is 12.8. The minimum absolute atomic E-state index is 0.110. The summed E-state index contributed by atoms with van der Waals surface area (Å²) in [7, 11) is 0. The van der Waals surface area contributed by atoms with Gasteiger partial charge in [-0.25, -0.2) is 9.37 Å². The fourth-order valence-electron chi connectivity index (χ4n) is 5.17. The highest BCUT2D eigenvalue weighted by molar-refractivity contribution is 7.98. The van der Waals surface area contributed by atoms with E-state index >= 15 is 0 Å². The van der Waals surface area contributed by atoms with Crippen LogP contribution in [0, 0.1) is 11.7 Å². The number of imidazole rings is 1. The molecule has 0 unspecified atom stereocenters. The predicted octanol–water partition coefficient (Wildman–Crippen LogP) is 3.76. The number of nitrogens with zero attached hydrogens (tertiary/aromatic N) is 6. The number of amides is 1. The van der Waals surface area contributed by atoms with Gasteiger partial charge in [-0.2, -0.15) is 10.2 Å². The molecule has 7 nitrogen and oxygen atoms in total. The van der Waals surface area contributed by atoms with Crippen molar-refractivity contribution in [1.82, 2.24) is 29.5 Å². The second-order valence-corrected chi connectivity index (χ2v) is 9.71. The van der Waals surface area contributed by atoms with Crippen LogP contribution in [0.25, 0.3) is 11.0 Å². The summed E-state index contributed by atoms with van der Waals surface area (Å²) in [4.78, 5) is 22.2. The van der Waals surface area contributed by atoms with E-state index in [1.165, 1.54) is 6.07 Å². The van der Waals surface area contributed by atoms with Crippen LogP contribution in [-0.2, 0) is 11.3 Å². The highest BCUT2D eigenvalue weighted by Gasteiger charge is 2.32. The van der Waals surface area contributed by atoms with Crippen LogP contribution in [0.15, 0.2) is 41.8 Å². The van der Waals surface area contributed by atoms with Crippen molar-refractivity contribution < 1.29 is 9.18 Å². The molecule has 2 saturated heterocycles. The number of carbonyl (C=O) groups excluding carboxylic acids is 1. The maximum absolute atomic E-state index is 14.3. The summed E-state index contributed by atoms with van der Waals surface area (Å²) in [5.41, 5.74) is 2.45. The zero-order valence-electron chi connectivity index (χ0n) is 18.9. The molecule has 2 aliphatic heterocycles. The van der Waals surface area contributed by atoms with E-state index in [0.29, 0.717) is 11.4 Å². The molecule has 33 heavy (non-hydrogen) atoms. The van der Waals surface area contributed by atoms with E-state index in [9.17, 15) is 9.18 Å². The highest BCUT2D eigenvalue weighted by Crippen LogP contribution is 2.34. The molecule has 0 bridgehead atoms. The number of likely N-dealkylation sites (tertiary alicyclic amines) is 2. The minimum Gasteiger partial charge on any atom is -0.342 e. The zero-order chi connectivity index (χ0) is 22.8. The number of aromatic nitrogens is 4. The Hall–Kier alpha value is -2.52. The molecule has 2 aromatic heterocycles. The summed E-state index contributed by atoms with van der Waals surface area (Å²) >= 11 is 1.55. The Balaban J connectivity index is 1.18. The number of benzene rings is 1. The van der Waals surface area contributed by atoms with Crippen LogP contribution in [0.3, 0.4) is 0 Å². The van der Waals surface area contributed by atoms with E-state index in [4.69, 9.17) is 0 Å². The highest BCUT2D eigenvalue weighted by atomic mass is 32.2. The van der Waals surface area contributed by atoms with E-state index in [1.54, 1.807) is 24.0 Å². The van der Waals surface area contributed by atoms with Crippen molar-refractivity contribution in [1.29, 1.82) is 0 Å². The van der Waals surface area contributed by atoms with Crippen LogP contribution in [-0.4, -0.2) is 67.9 Å². The largest absolute Gasteiger partial charge is 0.342 e. The lowest BCUT2D eigenvalue weighted by molar-refractivity contribution is -0.138. The average Bonchev–Trinajstić information content (AvgIpc) is 3.25. The monoisotopic (exact) mass is 468 g/mol. The van der Waals surface area contributed by atoms with E-state index in [1.807, 2.05) is 29.5 Å². The topological polar surface area (TPSA) is 67.2 Å². The van der Waals surface area contributed by atoms with Crippen molar-refractivity contribution in [2.45, 2.75) is 43.4 Å². The Morgan fingerprint density at radius 3 is 2.58 bits per heavy atom. The SMILES string of the molecule is CSc1nc2c(F)cccc2n1C1CCN(C(=O)C2CCN(Cc3ccnnc3)CC2)CC1. The second kappa shape index (κ2) is 9.77. The molecule has 1 aromatic carbocycles. The normalized spacial score (nSPS) is 18.8. The van der Waals surface area contributed by atoms with Gasteiger partial charge >= 0.3 is 0 Å². The van der Waals surface area contributed by atoms with Gasteiger partial charge in [0.05, 0.1) is 11.7 Å². The average molecular weight is 469 g/mol. The third kappa shape index (κ3) is 4.61. The molecule has 5 rings (SSSR count). The van der Waals surface area contributed by atoms with Crippen LogP contribution in [0.4, 0.5) is 4.39 Å². The van der Waals surface area contributed by atoms with Gasteiger partial charge in [-0.15, -0.1) is 0 Å². The third-order valence-corrected chi connectivity index (χ3v) is 7.60. The number of rotatable bonds is 5. The molecule has 0 spiro atoms. The van der Waals surface area contributed by atoms with E-state index in [-0.39, 0.29) is 17.8 Å². The molecule has 0 radical (unpaired) electrons. The number of halogens is 1. The van der Waals surface area contributed by atoms with Crippen molar-refractivity contribution in [3.05, 3.63) is 48.0 Å². The number of hydrogen-bond acceptors (Lipinski definition) is 6. The smallest absolute Gasteiger partial charge is 0.225 e. The fourth-order valence-corrected chi connectivity index (χ4v) is 5.80. The molecule has 4 heterocycles. The molecule has 3 aromatic rings. The van der Waals surface area contributed by atoms with Crippen LogP contribution in [0.1, 0.15) is 37.3 Å². The van der Waals surface area contributed by atoms with Crippen molar-refractivity contribution >= 4 is 28.7 Å². The summed E-state index contributed by atoms with van der Waals surface area (Å²) in [5.74, 6) is 0.129. The van der Waals surface area contributed by atoms with Gasteiger partial charge in [0, 0.05) is 37.8 Å². The first-order valence-electron chi connectivity index (χ1n) is 11.6.